The fourth-order valence-electron chi connectivity index (χ4n) is 2.14. The SMILES string of the molecule is Cc1nc(-c2ccccc2)nc2nc(=S)[nH]c(C)c12. The summed E-state index contributed by atoms with van der Waals surface area (Å²) in [5, 5.41) is 0.938. The van der Waals surface area contributed by atoms with Gasteiger partial charge in [0, 0.05) is 11.3 Å². The molecular formula is C14H12N4S. The molecule has 0 atom stereocenters. The van der Waals surface area contributed by atoms with E-state index in [1.807, 2.05) is 44.2 Å². The summed E-state index contributed by atoms with van der Waals surface area (Å²) >= 11 is 5.10. The zero-order valence-electron chi connectivity index (χ0n) is 10.6. The molecule has 3 aromatic rings. The molecule has 3 rings (SSSR count). The molecule has 19 heavy (non-hydrogen) atoms. The number of aryl methyl sites for hydroxylation is 2. The number of aromatic nitrogens is 4. The first kappa shape index (κ1) is 11.9. The van der Waals surface area contributed by atoms with Crippen molar-refractivity contribution in [1.29, 1.82) is 0 Å². The Morgan fingerprint density at radius 2 is 1.74 bits per heavy atom. The molecule has 1 aromatic carbocycles. The molecule has 5 heteroatoms. The van der Waals surface area contributed by atoms with Crippen molar-refractivity contribution in [3.05, 3.63) is 46.5 Å². The molecule has 0 saturated heterocycles. The standard InChI is InChI=1S/C14H12N4S/c1-8-11-9(2)16-14(19)18-13(11)17-12(15-8)10-6-4-3-5-7-10/h3-7H,1-2H3,(H,15,16,17,18,19). The minimum atomic E-state index is 0.446. The minimum Gasteiger partial charge on any atom is -0.334 e. The number of nitrogens with zero attached hydrogens (tertiary/aromatic N) is 3. The van der Waals surface area contributed by atoms with Crippen LogP contribution in [0.3, 0.4) is 0 Å². The molecule has 0 radical (unpaired) electrons. The predicted octanol–water partition coefficient (Wildman–Crippen LogP) is 3.37. The van der Waals surface area contributed by atoms with Crippen LogP contribution in [-0.2, 0) is 0 Å². The first-order valence-corrected chi connectivity index (χ1v) is 6.36. The molecule has 4 nitrogen and oxygen atoms in total. The van der Waals surface area contributed by atoms with E-state index in [-0.39, 0.29) is 0 Å². The molecule has 0 bridgehead atoms. The van der Waals surface area contributed by atoms with Gasteiger partial charge in [0.05, 0.1) is 11.1 Å². The normalized spacial score (nSPS) is 10.8. The quantitative estimate of drug-likeness (QED) is 0.687. The average Bonchev–Trinajstić information content (AvgIpc) is 2.38. The van der Waals surface area contributed by atoms with Crippen LogP contribution in [0.2, 0.25) is 0 Å². The van der Waals surface area contributed by atoms with Gasteiger partial charge in [0.25, 0.3) is 0 Å². The van der Waals surface area contributed by atoms with E-state index in [9.17, 15) is 0 Å². The Hall–Kier alpha value is -2.14. The van der Waals surface area contributed by atoms with Gasteiger partial charge < -0.3 is 4.98 Å². The van der Waals surface area contributed by atoms with Gasteiger partial charge in [0.2, 0.25) is 0 Å². The fraction of sp³-hybridized carbons (Fsp3) is 0.143. The van der Waals surface area contributed by atoms with Crippen molar-refractivity contribution in [3.63, 3.8) is 0 Å². The summed E-state index contributed by atoms with van der Waals surface area (Å²) in [6, 6.07) is 9.87. The second-order valence-corrected chi connectivity index (χ2v) is 4.75. The molecule has 2 aromatic heterocycles. The summed E-state index contributed by atoms with van der Waals surface area (Å²) in [6.07, 6.45) is 0. The lowest BCUT2D eigenvalue weighted by Gasteiger charge is -2.07. The summed E-state index contributed by atoms with van der Waals surface area (Å²) in [5.74, 6) is 0.679. The van der Waals surface area contributed by atoms with Crippen molar-refractivity contribution >= 4 is 23.3 Å². The number of hydrogen-bond acceptors (Lipinski definition) is 4. The topological polar surface area (TPSA) is 54.5 Å². The molecule has 1 N–H and O–H groups in total. The van der Waals surface area contributed by atoms with Crippen molar-refractivity contribution in [2.45, 2.75) is 13.8 Å². The zero-order valence-corrected chi connectivity index (χ0v) is 11.5. The lowest BCUT2D eigenvalue weighted by Crippen LogP contribution is -2.00. The van der Waals surface area contributed by atoms with Crippen LogP contribution in [-0.4, -0.2) is 19.9 Å². The highest BCUT2D eigenvalue weighted by molar-refractivity contribution is 7.71. The Morgan fingerprint density at radius 1 is 1.00 bits per heavy atom. The summed E-state index contributed by atoms with van der Waals surface area (Å²) < 4.78 is 0.446. The smallest absolute Gasteiger partial charge is 0.199 e. The van der Waals surface area contributed by atoms with Crippen LogP contribution in [0.4, 0.5) is 0 Å². The molecule has 0 aliphatic carbocycles. The van der Waals surface area contributed by atoms with Gasteiger partial charge in [-0.25, -0.2) is 9.97 Å². The third kappa shape index (κ3) is 2.13. The Kier molecular flexibility index (Phi) is 2.83. The van der Waals surface area contributed by atoms with Crippen LogP contribution in [0.15, 0.2) is 30.3 Å². The van der Waals surface area contributed by atoms with E-state index >= 15 is 0 Å². The van der Waals surface area contributed by atoms with E-state index in [0.717, 1.165) is 22.3 Å². The van der Waals surface area contributed by atoms with Gasteiger partial charge in [-0.2, -0.15) is 4.98 Å². The molecule has 0 unspecified atom stereocenters. The maximum atomic E-state index is 5.10. The average molecular weight is 268 g/mol. The van der Waals surface area contributed by atoms with Crippen LogP contribution in [0.1, 0.15) is 11.4 Å². The molecule has 94 valence electrons. The minimum absolute atomic E-state index is 0.446. The number of benzene rings is 1. The highest BCUT2D eigenvalue weighted by atomic mass is 32.1. The van der Waals surface area contributed by atoms with Crippen molar-refractivity contribution in [2.24, 2.45) is 0 Å². The van der Waals surface area contributed by atoms with Crippen LogP contribution in [0, 0.1) is 18.6 Å². The van der Waals surface area contributed by atoms with E-state index in [1.165, 1.54) is 0 Å². The lowest BCUT2D eigenvalue weighted by molar-refractivity contribution is 1.06. The van der Waals surface area contributed by atoms with E-state index in [1.54, 1.807) is 0 Å². The van der Waals surface area contributed by atoms with E-state index in [0.29, 0.717) is 16.2 Å². The van der Waals surface area contributed by atoms with Gasteiger partial charge >= 0.3 is 0 Å². The van der Waals surface area contributed by atoms with E-state index in [4.69, 9.17) is 12.2 Å². The number of aromatic amines is 1. The second-order valence-electron chi connectivity index (χ2n) is 4.36. The largest absolute Gasteiger partial charge is 0.334 e. The van der Waals surface area contributed by atoms with Crippen molar-refractivity contribution in [2.75, 3.05) is 0 Å². The number of nitrogens with one attached hydrogen (secondary N) is 1. The number of fused-ring (bicyclic) bond motifs is 1. The number of hydrogen-bond donors (Lipinski definition) is 1. The first-order chi connectivity index (χ1) is 9.15. The molecule has 0 fully saturated rings. The molecule has 0 amide bonds. The Labute approximate surface area is 115 Å². The maximum absolute atomic E-state index is 5.10. The van der Waals surface area contributed by atoms with Crippen molar-refractivity contribution < 1.29 is 0 Å². The molecular weight excluding hydrogens is 256 g/mol. The fourth-order valence-corrected chi connectivity index (χ4v) is 2.38. The third-order valence-electron chi connectivity index (χ3n) is 2.98. The number of rotatable bonds is 1. The monoisotopic (exact) mass is 268 g/mol. The summed E-state index contributed by atoms with van der Waals surface area (Å²) in [4.78, 5) is 16.4. The first-order valence-electron chi connectivity index (χ1n) is 5.96. The molecule has 0 aliphatic rings. The molecule has 0 spiro atoms. The summed E-state index contributed by atoms with van der Waals surface area (Å²) in [5.41, 5.74) is 3.48. The maximum Gasteiger partial charge on any atom is 0.199 e. The zero-order chi connectivity index (χ0) is 13.4. The lowest BCUT2D eigenvalue weighted by atomic mass is 10.2. The van der Waals surface area contributed by atoms with Crippen molar-refractivity contribution in [3.8, 4) is 11.4 Å². The van der Waals surface area contributed by atoms with Gasteiger partial charge in [-0.1, -0.05) is 30.3 Å². The summed E-state index contributed by atoms with van der Waals surface area (Å²) in [6.45, 7) is 3.92. The number of H-pyrrole nitrogens is 1. The molecule has 2 heterocycles. The highest BCUT2D eigenvalue weighted by Crippen LogP contribution is 2.21. The molecule has 0 aliphatic heterocycles. The summed E-state index contributed by atoms with van der Waals surface area (Å²) in [7, 11) is 0. The van der Waals surface area contributed by atoms with E-state index < -0.39 is 0 Å². The van der Waals surface area contributed by atoms with Gasteiger partial charge in [-0.15, -0.1) is 0 Å². The van der Waals surface area contributed by atoms with Gasteiger partial charge in [-0.05, 0) is 26.1 Å². The Balaban J connectivity index is 2.34. The van der Waals surface area contributed by atoms with Crippen LogP contribution < -0.4 is 0 Å². The third-order valence-corrected chi connectivity index (χ3v) is 3.17. The van der Waals surface area contributed by atoms with Gasteiger partial charge in [0.15, 0.2) is 16.2 Å². The highest BCUT2D eigenvalue weighted by Gasteiger charge is 2.09. The van der Waals surface area contributed by atoms with Gasteiger partial charge in [-0.3, -0.25) is 0 Å². The van der Waals surface area contributed by atoms with E-state index in [2.05, 4.69) is 19.9 Å². The van der Waals surface area contributed by atoms with Crippen LogP contribution in [0.25, 0.3) is 22.4 Å². The van der Waals surface area contributed by atoms with Gasteiger partial charge in [0.1, 0.15) is 0 Å². The molecule has 0 saturated carbocycles. The van der Waals surface area contributed by atoms with Crippen LogP contribution >= 0.6 is 12.2 Å². The predicted molar refractivity (Wildman–Crippen MR) is 77.4 cm³/mol. The van der Waals surface area contributed by atoms with Crippen LogP contribution in [0.5, 0.6) is 0 Å². The Morgan fingerprint density at radius 3 is 2.47 bits per heavy atom. The Bertz CT molecular complexity index is 809. The van der Waals surface area contributed by atoms with Crippen molar-refractivity contribution in [1.82, 2.24) is 19.9 Å². The second kappa shape index (κ2) is 4.51.